The first-order chi connectivity index (χ1) is 6.13. The van der Waals surface area contributed by atoms with Crippen LogP contribution in [0.2, 0.25) is 0 Å². The molecular weight excluding hydrogens is 168 g/mol. The van der Waals surface area contributed by atoms with E-state index in [1.807, 2.05) is 0 Å². The maximum atomic E-state index is 11.0. The lowest BCUT2D eigenvalue weighted by Crippen LogP contribution is -2.18. The third-order valence-corrected chi connectivity index (χ3v) is 1.79. The first-order valence-corrected chi connectivity index (χ1v) is 3.91. The fourth-order valence-electron chi connectivity index (χ4n) is 1.20. The summed E-state index contributed by atoms with van der Waals surface area (Å²) in [7, 11) is 0. The smallest absolute Gasteiger partial charge is 0.318 e. The number of aliphatic carboxylic acids is 1. The van der Waals surface area contributed by atoms with Crippen molar-refractivity contribution in [1.82, 2.24) is 0 Å². The van der Waals surface area contributed by atoms with Crippen LogP contribution in [0, 0.1) is 0 Å². The van der Waals surface area contributed by atoms with Crippen LogP contribution in [0.1, 0.15) is 18.4 Å². The van der Waals surface area contributed by atoms with Crippen molar-refractivity contribution < 1.29 is 14.7 Å². The summed E-state index contributed by atoms with van der Waals surface area (Å²) in [5, 5.41) is 8.78. The Morgan fingerprint density at radius 1 is 1.23 bits per heavy atom. The molecule has 13 heavy (non-hydrogen) atoms. The maximum absolute atomic E-state index is 11.0. The lowest BCUT2D eigenvalue weighted by Gasteiger charge is -2.07. The van der Waals surface area contributed by atoms with Crippen molar-refractivity contribution in [2.24, 2.45) is 0 Å². The van der Waals surface area contributed by atoms with Gasteiger partial charge in [0.25, 0.3) is 0 Å². The molecule has 0 radical (unpaired) electrons. The van der Waals surface area contributed by atoms with Crippen LogP contribution in [0.15, 0.2) is 30.3 Å². The monoisotopic (exact) mass is 178 g/mol. The number of hydrogen-bond donors (Lipinski definition) is 1. The largest absolute Gasteiger partial charge is 0.480 e. The Morgan fingerprint density at radius 2 is 1.77 bits per heavy atom. The molecule has 0 aliphatic rings. The number of carbonyl (C=O) groups is 2. The molecule has 0 bridgehead atoms. The number of rotatable bonds is 3. The molecule has 0 aliphatic heterocycles. The predicted octanol–water partition coefficient (Wildman–Crippen LogP) is 1.44. The molecule has 0 saturated heterocycles. The molecule has 1 atom stereocenters. The van der Waals surface area contributed by atoms with Gasteiger partial charge in [-0.1, -0.05) is 30.3 Å². The quantitative estimate of drug-likeness (QED) is 0.712. The maximum Gasteiger partial charge on any atom is 0.318 e. The minimum atomic E-state index is -1.10. The van der Waals surface area contributed by atoms with E-state index in [1.54, 1.807) is 30.3 Å². The van der Waals surface area contributed by atoms with Crippen LogP contribution >= 0.6 is 0 Å². The molecule has 1 rings (SSSR count). The van der Waals surface area contributed by atoms with E-state index in [4.69, 9.17) is 5.11 Å². The molecule has 68 valence electrons. The normalized spacial score (nSPS) is 12.1. The van der Waals surface area contributed by atoms with E-state index >= 15 is 0 Å². The van der Waals surface area contributed by atoms with Gasteiger partial charge in [0.2, 0.25) is 0 Å². The molecule has 0 aromatic heterocycles. The van der Waals surface area contributed by atoms with Gasteiger partial charge in [0.05, 0.1) is 0 Å². The van der Waals surface area contributed by atoms with Crippen LogP contribution < -0.4 is 0 Å². The highest BCUT2D eigenvalue weighted by atomic mass is 16.4. The van der Waals surface area contributed by atoms with Gasteiger partial charge in [-0.2, -0.15) is 0 Å². The second kappa shape index (κ2) is 3.85. The molecular formula is C10H10O3. The van der Waals surface area contributed by atoms with Crippen molar-refractivity contribution in [2.75, 3.05) is 0 Å². The molecule has 0 unspecified atom stereocenters. The summed E-state index contributed by atoms with van der Waals surface area (Å²) >= 11 is 0. The van der Waals surface area contributed by atoms with Crippen molar-refractivity contribution in [2.45, 2.75) is 12.8 Å². The molecule has 0 amide bonds. The minimum absolute atomic E-state index is 0.348. The first-order valence-electron chi connectivity index (χ1n) is 3.91. The van der Waals surface area contributed by atoms with E-state index < -0.39 is 11.9 Å². The van der Waals surface area contributed by atoms with Crippen molar-refractivity contribution in [3.05, 3.63) is 35.9 Å². The predicted molar refractivity (Wildman–Crippen MR) is 47.5 cm³/mol. The SMILES string of the molecule is CC(=O)[C@H](C(=O)O)c1ccccc1. The minimum Gasteiger partial charge on any atom is -0.480 e. The molecule has 0 aliphatic carbocycles. The summed E-state index contributed by atoms with van der Waals surface area (Å²) in [5.41, 5.74) is 0.530. The van der Waals surface area contributed by atoms with Gasteiger partial charge in [0.1, 0.15) is 11.7 Å². The van der Waals surface area contributed by atoms with Gasteiger partial charge in [-0.05, 0) is 12.5 Å². The Morgan fingerprint density at radius 3 is 2.15 bits per heavy atom. The van der Waals surface area contributed by atoms with Crippen molar-refractivity contribution in [1.29, 1.82) is 0 Å². The highest BCUT2D eigenvalue weighted by Crippen LogP contribution is 2.16. The Balaban J connectivity index is 3.03. The van der Waals surface area contributed by atoms with Gasteiger partial charge in [-0.15, -0.1) is 0 Å². The second-order valence-electron chi connectivity index (χ2n) is 2.79. The van der Waals surface area contributed by atoms with Crippen LogP contribution in [-0.2, 0) is 9.59 Å². The van der Waals surface area contributed by atoms with E-state index in [0.717, 1.165) is 0 Å². The molecule has 0 saturated carbocycles. The average molecular weight is 178 g/mol. The standard InChI is InChI=1S/C10H10O3/c1-7(11)9(10(12)13)8-5-3-2-4-6-8/h2-6,9H,1H3,(H,12,13)/t9-/m0/s1. The summed E-state index contributed by atoms with van der Waals surface area (Å²) < 4.78 is 0. The molecule has 1 aromatic rings. The number of hydrogen-bond acceptors (Lipinski definition) is 2. The summed E-state index contributed by atoms with van der Waals surface area (Å²) in [4.78, 5) is 21.7. The van der Waals surface area contributed by atoms with E-state index in [2.05, 4.69) is 0 Å². The first kappa shape index (κ1) is 9.45. The van der Waals surface area contributed by atoms with Crippen LogP contribution in [0.4, 0.5) is 0 Å². The fraction of sp³-hybridized carbons (Fsp3) is 0.200. The van der Waals surface area contributed by atoms with Gasteiger partial charge >= 0.3 is 5.97 Å². The second-order valence-corrected chi connectivity index (χ2v) is 2.79. The summed E-state index contributed by atoms with van der Waals surface area (Å²) in [6.07, 6.45) is 0. The van der Waals surface area contributed by atoms with Gasteiger partial charge in [0.15, 0.2) is 0 Å². The molecule has 0 fully saturated rings. The van der Waals surface area contributed by atoms with Crippen LogP contribution in [0.25, 0.3) is 0 Å². The Kier molecular flexibility index (Phi) is 2.80. The lowest BCUT2D eigenvalue weighted by molar-refractivity contribution is -0.142. The van der Waals surface area contributed by atoms with E-state index in [-0.39, 0.29) is 5.78 Å². The molecule has 3 heteroatoms. The third-order valence-electron chi connectivity index (χ3n) is 1.79. The van der Waals surface area contributed by atoms with Gasteiger partial charge in [-0.25, -0.2) is 0 Å². The summed E-state index contributed by atoms with van der Waals surface area (Å²) in [6, 6.07) is 8.49. The number of carbonyl (C=O) groups excluding carboxylic acids is 1. The Hall–Kier alpha value is -1.64. The summed E-state index contributed by atoms with van der Waals surface area (Å²) in [5.74, 6) is -2.47. The van der Waals surface area contributed by atoms with Gasteiger partial charge < -0.3 is 5.11 Å². The average Bonchev–Trinajstić information content (AvgIpc) is 2.04. The number of ketones is 1. The van der Waals surface area contributed by atoms with Crippen molar-refractivity contribution >= 4 is 11.8 Å². The highest BCUT2D eigenvalue weighted by Gasteiger charge is 2.23. The number of benzene rings is 1. The van der Waals surface area contributed by atoms with Gasteiger partial charge in [-0.3, -0.25) is 9.59 Å². The Bertz CT molecular complexity index is 302. The van der Waals surface area contributed by atoms with Crippen molar-refractivity contribution in [3.8, 4) is 0 Å². The lowest BCUT2D eigenvalue weighted by atomic mass is 9.96. The zero-order valence-corrected chi connectivity index (χ0v) is 7.23. The van der Waals surface area contributed by atoms with Crippen molar-refractivity contribution in [3.63, 3.8) is 0 Å². The molecule has 0 spiro atoms. The van der Waals surface area contributed by atoms with E-state index in [9.17, 15) is 9.59 Å². The molecule has 1 aromatic carbocycles. The third kappa shape index (κ3) is 2.15. The molecule has 0 heterocycles. The van der Waals surface area contributed by atoms with E-state index in [1.165, 1.54) is 6.92 Å². The van der Waals surface area contributed by atoms with Crippen LogP contribution in [0.5, 0.6) is 0 Å². The fourth-order valence-corrected chi connectivity index (χ4v) is 1.20. The zero-order valence-electron chi connectivity index (χ0n) is 7.23. The highest BCUT2D eigenvalue weighted by molar-refractivity contribution is 6.02. The Labute approximate surface area is 76.0 Å². The van der Waals surface area contributed by atoms with Crippen LogP contribution in [0.3, 0.4) is 0 Å². The molecule has 3 nitrogen and oxygen atoms in total. The van der Waals surface area contributed by atoms with E-state index in [0.29, 0.717) is 5.56 Å². The zero-order chi connectivity index (χ0) is 9.84. The topological polar surface area (TPSA) is 54.4 Å². The van der Waals surface area contributed by atoms with Crippen LogP contribution in [-0.4, -0.2) is 16.9 Å². The number of Topliss-reactive ketones (excluding diaryl/α,β-unsaturated/α-hetero) is 1. The number of carboxylic acid groups (broad SMARTS) is 1. The van der Waals surface area contributed by atoms with Gasteiger partial charge in [0, 0.05) is 0 Å². The molecule has 1 N–H and O–H groups in total. The summed E-state index contributed by atoms with van der Waals surface area (Å²) in [6.45, 7) is 1.28. The number of carboxylic acids is 1.